The second-order valence-corrected chi connectivity index (χ2v) is 7.23. The minimum absolute atomic E-state index is 0.337. The van der Waals surface area contributed by atoms with Gasteiger partial charge in [-0.25, -0.2) is 4.79 Å². The van der Waals surface area contributed by atoms with Crippen LogP contribution in [-0.2, 0) is 20.7 Å². The first-order valence-electron chi connectivity index (χ1n) is 9.64. The third kappa shape index (κ3) is 4.64. The maximum absolute atomic E-state index is 13.3. The lowest BCUT2D eigenvalue weighted by Gasteiger charge is -2.37. The standard InChI is InChI=1S/C22H23F3N2O3/c1-15(16-9-4-3-5-10-16)26(2)20(30-21(29)22(23,24)25)19(28)27-14-8-12-17-11-6-7-13-18(17)27/h3-7,9-11,13,15,20H,8,12,14H2,1-2H3/t15-,20?/m1/s1. The van der Waals surface area contributed by atoms with Gasteiger partial charge in [0, 0.05) is 18.3 Å². The van der Waals surface area contributed by atoms with Crippen LogP contribution in [-0.4, -0.2) is 42.8 Å². The van der Waals surface area contributed by atoms with Crippen LogP contribution in [0.4, 0.5) is 18.9 Å². The second-order valence-electron chi connectivity index (χ2n) is 7.23. The molecule has 2 aromatic rings. The van der Waals surface area contributed by atoms with E-state index in [0.29, 0.717) is 18.7 Å². The molecule has 2 atom stereocenters. The number of para-hydroxylation sites is 1. The van der Waals surface area contributed by atoms with Gasteiger partial charge in [-0.1, -0.05) is 48.5 Å². The fourth-order valence-electron chi connectivity index (χ4n) is 3.54. The smallest absolute Gasteiger partial charge is 0.430 e. The second kappa shape index (κ2) is 8.87. The molecule has 30 heavy (non-hydrogen) atoms. The number of amides is 1. The first kappa shape index (κ1) is 21.8. The van der Waals surface area contributed by atoms with Crippen molar-refractivity contribution in [3.05, 3.63) is 65.7 Å². The Balaban J connectivity index is 1.93. The van der Waals surface area contributed by atoms with Crippen molar-refractivity contribution < 1.29 is 27.5 Å². The number of rotatable bonds is 5. The van der Waals surface area contributed by atoms with Gasteiger partial charge in [0.2, 0.25) is 6.23 Å². The van der Waals surface area contributed by atoms with Gasteiger partial charge >= 0.3 is 12.1 Å². The highest BCUT2D eigenvalue weighted by molar-refractivity contribution is 5.98. The zero-order valence-electron chi connectivity index (χ0n) is 16.7. The maximum Gasteiger partial charge on any atom is 0.490 e. The van der Waals surface area contributed by atoms with Crippen molar-refractivity contribution in [2.45, 2.75) is 38.2 Å². The number of aryl methyl sites for hydroxylation is 1. The lowest BCUT2D eigenvalue weighted by Crippen LogP contribution is -2.52. The number of halogens is 3. The molecule has 1 heterocycles. The van der Waals surface area contributed by atoms with E-state index >= 15 is 0 Å². The Labute approximate surface area is 173 Å². The van der Waals surface area contributed by atoms with Gasteiger partial charge in [-0.2, -0.15) is 13.2 Å². The number of anilines is 1. The molecule has 0 saturated carbocycles. The van der Waals surface area contributed by atoms with Crippen molar-refractivity contribution >= 4 is 17.6 Å². The number of esters is 1. The summed E-state index contributed by atoms with van der Waals surface area (Å²) in [6.07, 6.45) is -5.49. The van der Waals surface area contributed by atoms with Gasteiger partial charge in [-0.05, 0) is 44.0 Å². The first-order valence-corrected chi connectivity index (χ1v) is 9.64. The molecule has 3 rings (SSSR count). The predicted octanol–water partition coefficient (Wildman–Crippen LogP) is 4.09. The third-order valence-corrected chi connectivity index (χ3v) is 5.30. The molecule has 0 radical (unpaired) electrons. The molecule has 0 bridgehead atoms. The molecule has 8 heteroatoms. The summed E-state index contributed by atoms with van der Waals surface area (Å²) >= 11 is 0. The Morgan fingerprint density at radius 1 is 1.07 bits per heavy atom. The number of ether oxygens (including phenoxy) is 1. The zero-order chi connectivity index (χ0) is 21.9. The molecule has 0 aromatic heterocycles. The van der Waals surface area contributed by atoms with Crippen molar-refractivity contribution in [1.29, 1.82) is 0 Å². The number of likely N-dealkylation sites (N-methyl/N-ethyl adjacent to an activating group) is 1. The summed E-state index contributed by atoms with van der Waals surface area (Å²) in [5.41, 5.74) is 2.33. The number of benzene rings is 2. The summed E-state index contributed by atoms with van der Waals surface area (Å²) in [6, 6.07) is 15.7. The molecule has 1 unspecified atom stereocenters. The van der Waals surface area contributed by atoms with E-state index in [1.807, 2.05) is 18.2 Å². The Morgan fingerprint density at radius 2 is 1.70 bits per heavy atom. The van der Waals surface area contributed by atoms with Gasteiger partial charge in [-0.15, -0.1) is 0 Å². The molecule has 0 fully saturated rings. The fourth-order valence-corrected chi connectivity index (χ4v) is 3.54. The SMILES string of the molecule is C[C@H](c1ccccc1)N(C)C(OC(=O)C(F)(F)F)C(=O)N1CCCc2ccccc21. The van der Waals surface area contributed by atoms with Crippen molar-refractivity contribution in [3.8, 4) is 0 Å². The molecule has 160 valence electrons. The number of hydrogen-bond donors (Lipinski definition) is 0. The van der Waals surface area contributed by atoms with Crippen molar-refractivity contribution in [3.63, 3.8) is 0 Å². The summed E-state index contributed by atoms with van der Waals surface area (Å²) < 4.78 is 43.5. The lowest BCUT2D eigenvalue weighted by molar-refractivity contribution is -0.213. The number of carbonyl (C=O) groups is 2. The molecule has 0 spiro atoms. The average molecular weight is 420 g/mol. The van der Waals surface area contributed by atoms with E-state index in [2.05, 4.69) is 0 Å². The highest BCUT2D eigenvalue weighted by Gasteiger charge is 2.46. The van der Waals surface area contributed by atoms with Crippen LogP contribution in [0.3, 0.4) is 0 Å². The highest BCUT2D eigenvalue weighted by Crippen LogP contribution is 2.30. The quantitative estimate of drug-likeness (QED) is 0.540. The Hall–Kier alpha value is -2.87. The van der Waals surface area contributed by atoms with Crippen LogP contribution in [0.25, 0.3) is 0 Å². The van der Waals surface area contributed by atoms with Gasteiger partial charge in [0.15, 0.2) is 0 Å². The molecule has 0 N–H and O–H groups in total. The Morgan fingerprint density at radius 3 is 2.37 bits per heavy atom. The van der Waals surface area contributed by atoms with Gasteiger partial charge in [0.1, 0.15) is 0 Å². The number of nitrogens with zero attached hydrogens (tertiary/aromatic N) is 2. The maximum atomic E-state index is 13.3. The van der Waals surface area contributed by atoms with Gasteiger partial charge in [0.05, 0.1) is 0 Å². The van der Waals surface area contributed by atoms with Crippen LogP contribution in [0.2, 0.25) is 0 Å². The van der Waals surface area contributed by atoms with E-state index in [-0.39, 0.29) is 0 Å². The highest BCUT2D eigenvalue weighted by atomic mass is 19.4. The van der Waals surface area contributed by atoms with Crippen LogP contribution in [0.15, 0.2) is 54.6 Å². The van der Waals surface area contributed by atoms with E-state index < -0.39 is 30.3 Å². The summed E-state index contributed by atoms with van der Waals surface area (Å²) in [5, 5.41) is 0. The van der Waals surface area contributed by atoms with Crippen LogP contribution in [0, 0.1) is 0 Å². The molecule has 2 aromatic carbocycles. The van der Waals surface area contributed by atoms with E-state index in [1.165, 1.54) is 16.8 Å². The van der Waals surface area contributed by atoms with Gasteiger partial charge in [0.25, 0.3) is 5.91 Å². The molecular formula is C22H23F3N2O3. The van der Waals surface area contributed by atoms with Crippen LogP contribution in [0.1, 0.15) is 30.5 Å². The predicted molar refractivity (Wildman–Crippen MR) is 106 cm³/mol. The minimum atomic E-state index is -5.20. The fraction of sp³-hybridized carbons (Fsp3) is 0.364. The largest absolute Gasteiger partial charge is 0.490 e. The summed E-state index contributed by atoms with van der Waals surface area (Å²) in [5.74, 6) is -3.09. The van der Waals surface area contributed by atoms with Crippen LogP contribution >= 0.6 is 0 Å². The molecule has 1 aliphatic rings. The Bertz CT molecular complexity index is 902. The first-order chi connectivity index (χ1) is 14.2. The molecular weight excluding hydrogens is 397 g/mol. The molecule has 5 nitrogen and oxygen atoms in total. The minimum Gasteiger partial charge on any atom is -0.430 e. The monoisotopic (exact) mass is 420 g/mol. The van der Waals surface area contributed by atoms with Crippen LogP contribution in [0.5, 0.6) is 0 Å². The van der Waals surface area contributed by atoms with E-state index in [4.69, 9.17) is 4.74 Å². The van der Waals surface area contributed by atoms with Crippen LogP contribution < -0.4 is 4.90 Å². The summed E-state index contributed by atoms with van der Waals surface area (Å²) in [6.45, 7) is 2.07. The third-order valence-electron chi connectivity index (χ3n) is 5.30. The normalized spacial score (nSPS) is 16.0. The number of alkyl halides is 3. The zero-order valence-corrected chi connectivity index (χ0v) is 16.7. The molecule has 0 saturated heterocycles. The number of fused-ring (bicyclic) bond motifs is 1. The summed E-state index contributed by atoms with van der Waals surface area (Å²) in [4.78, 5) is 27.7. The molecule has 1 aliphatic heterocycles. The van der Waals surface area contributed by atoms with E-state index in [9.17, 15) is 22.8 Å². The number of carbonyl (C=O) groups excluding carboxylic acids is 2. The number of hydrogen-bond acceptors (Lipinski definition) is 4. The lowest BCUT2D eigenvalue weighted by atomic mass is 10.0. The van der Waals surface area contributed by atoms with Crippen molar-refractivity contribution in [1.82, 2.24) is 4.90 Å². The molecule has 0 aliphatic carbocycles. The van der Waals surface area contributed by atoms with E-state index in [0.717, 1.165) is 17.5 Å². The summed E-state index contributed by atoms with van der Waals surface area (Å²) in [7, 11) is 1.47. The van der Waals surface area contributed by atoms with Crippen molar-refractivity contribution in [2.24, 2.45) is 0 Å². The molecule has 1 amide bonds. The van der Waals surface area contributed by atoms with Crippen molar-refractivity contribution in [2.75, 3.05) is 18.5 Å². The van der Waals surface area contributed by atoms with E-state index in [1.54, 1.807) is 43.3 Å². The average Bonchev–Trinajstić information content (AvgIpc) is 2.75. The topological polar surface area (TPSA) is 49.9 Å². The Kier molecular flexibility index (Phi) is 6.45. The van der Waals surface area contributed by atoms with Gasteiger partial charge in [-0.3, -0.25) is 9.69 Å². The van der Waals surface area contributed by atoms with Gasteiger partial charge < -0.3 is 9.64 Å².